The molecule has 0 bridgehead atoms. The number of likely N-dealkylation sites (tertiary alicyclic amines) is 1. The average molecular weight is 1010 g/mol. The van der Waals surface area contributed by atoms with Crippen molar-refractivity contribution >= 4 is 28.7 Å². The summed E-state index contributed by atoms with van der Waals surface area (Å²) in [5.74, 6) is 0.948. The quantitative estimate of drug-likeness (QED) is 0.0229. The van der Waals surface area contributed by atoms with Gasteiger partial charge in [-0.15, -0.1) is 4.73 Å². The summed E-state index contributed by atoms with van der Waals surface area (Å²) in [6.07, 6.45) is 8.15. The molecule has 73 heavy (non-hydrogen) atoms. The summed E-state index contributed by atoms with van der Waals surface area (Å²) >= 11 is 0. The summed E-state index contributed by atoms with van der Waals surface area (Å²) in [6, 6.07) is 16.5. The van der Waals surface area contributed by atoms with Crippen molar-refractivity contribution in [2.24, 2.45) is 5.92 Å². The Hall–Kier alpha value is -7.05. The Morgan fingerprint density at radius 2 is 1.52 bits per heavy atom. The Labute approximate surface area is 429 Å². The Kier molecular flexibility index (Phi) is 18.8. The molecule has 4 heterocycles. The van der Waals surface area contributed by atoms with Crippen LogP contribution in [0.3, 0.4) is 0 Å². The second-order valence-corrected chi connectivity index (χ2v) is 18.4. The summed E-state index contributed by atoms with van der Waals surface area (Å²) in [6.45, 7) is 23.5. The number of hydrogen-bond acceptors (Lipinski definition) is 16. The van der Waals surface area contributed by atoms with E-state index >= 15 is 0 Å². The van der Waals surface area contributed by atoms with Crippen molar-refractivity contribution in [3.63, 3.8) is 0 Å². The summed E-state index contributed by atoms with van der Waals surface area (Å²) in [5.41, 5.74) is 15.7. The van der Waals surface area contributed by atoms with Crippen molar-refractivity contribution in [1.82, 2.24) is 14.5 Å². The minimum atomic E-state index is -0.633. The molecule has 7 rings (SSSR count). The van der Waals surface area contributed by atoms with E-state index in [2.05, 4.69) is 59.0 Å². The van der Waals surface area contributed by atoms with Gasteiger partial charge in [-0.05, 0) is 66.3 Å². The molecule has 3 aliphatic heterocycles. The minimum Gasteiger partial charge on any atom is -0.493 e. The lowest BCUT2D eigenvalue weighted by Gasteiger charge is -2.27. The number of methoxy groups -OCH3 is 3. The number of aromatic hydroxyl groups is 2. The summed E-state index contributed by atoms with van der Waals surface area (Å²) in [5, 5.41) is 20.1. The van der Waals surface area contributed by atoms with Gasteiger partial charge in [-0.1, -0.05) is 50.1 Å². The highest BCUT2D eigenvalue weighted by molar-refractivity contribution is 5.80. The molecule has 0 spiro atoms. The number of allylic oxidation sites excluding steroid dienone is 3. The Bertz CT molecular complexity index is 2610. The molecule has 0 amide bonds. The number of carbonyl (C=O) groups is 1. The van der Waals surface area contributed by atoms with E-state index in [1.54, 1.807) is 27.4 Å². The zero-order valence-electron chi connectivity index (χ0n) is 42.8. The number of carbonyl (C=O) groups excluding carboxylic acids is 1. The SMILES string of the molecule is C=CC=CC1CC2CN(C)c3cc(OCc4cc(COc5cc(N)c(CN6CCC(=C)C6)cc5OC)cc(N(CCCC(=O)On5c(O)ccc5O)CCOCCOCCOC)c4)c(OC)cc3C(=C)N2C1=C. The summed E-state index contributed by atoms with van der Waals surface area (Å²) < 4.78 is 42.5. The lowest BCUT2D eigenvalue weighted by Crippen LogP contribution is -2.34. The standard InChI is InChI=1S/C56H72N6O11/c1-9-10-12-43-28-46-35-58(5)49-32-53(51(68-8)30-47(49)40(4)61(46)39(43)3)72-37-42-25-41(36-71-52-31-48(57)44(29-50(52)67-7)34-59-18-16-38(2)33-59)26-45(27-42)60(19-20-69-23-24-70-22-21-66-6)17-11-13-56(65)73-62-54(63)14-15-55(62)64/h9-10,12,14-15,25-27,29-32,43,46,63-64H,1-4,11,13,16-24,28,33-37,57H2,5-8H3. The predicted molar refractivity (Wildman–Crippen MR) is 283 cm³/mol. The van der Waals surface area contributed by atoms with Gasteiger partial charge in [0.1, 0.15) is 13.2 Å². The fourth-order valence-electron chi connectivity index (χ4n) is 9.49. The van der Waals surface area contributed by atoms with Crippen LogP contribution in [0.5, 0.6) is 34.8 Å². The van der Waals surface area contributed by atoms with Crippen LogP contribution < -0.4 is 39.3 Å². The Balaban J connectivity index is 1.16. The maximum atomic E-state index is 13.0. The minimum absolute atomic E-state index is 0.0111. The van der Waals surface area contributed by atoms with Crippen LogP contribution in [-0.2, 0) is 38.8 Å². The number of rotatable bonds is 27. The molecule has 392 valence electrons. The van der Waals surface area contributed by atoms with Crippen molar-refractivity contribution in [2.75, 3.05) is 110 Å². The monoisotopic (exact) mass is 1000 g/mol. The molecule has 2 unspecified atom stereocenters. The number of nitrogen functional groups attached to an aromatic ring is 1. The molecule has 2 fully saturated rings. The molecule has 2 atom stereocenters. The van der Waals surface area contributed by atoms with E-state index < -0.39 is 17.7 Å². The maximum Gasteiger partial charge on any atom is 0.333 e. The molecular formula is C56H72N6O11. The molecule has 0 radical (unpaired) electrons. The number of aromatic nitrogens is 1. The molecule has 17 nitrogen and oxygen atoms in total. The average Bonchev–Trinajstić information content (AvgIpc) is 4.02. The molecule has 4 aromatic rings. The van der Waals surface area contributed by atoms with E-state index in [4.69, 9.17) is 43.7 Å². The first kappa shape index (κ1) is 53.7. The topological polar surface area (TPSA) is 175 Å². The van der Waals surface area contributed by atoms with Gasteiger partial charge in [0.15, 0.2) is 23.0 Å². The van der Waals surface area contributed by atoms with E-state index in [1.807, 2.05) is 48.5 Å². The Morgan fingerprint density at radius 1 is 0.849 bits per heavy atom. The van der Waals surface area contributed by atoms with E-state index in [1.165, 1.54) is 17.7 Å². The van der Waals surface area contributed by atoms with Crippen molar-refractivity contribution < 1.29 is 53.0 Å². The van der Waals surface area contributed by atoms with Crippen LogP contribution in [0.1, 0.15) is 47.9 Å². The second kappa shape index (κ2) is 25.6. The number of nitrogens with zero attached hydrogens (tertiary/aromatic N) is 5. The molecule has 0 saturated carbocycles. The van der Waals surface area contributed by atoms with Gasteiger partial charge in [0.2, 0.25) is 11.8 Å². The molecule has 17 heteroatoms. The van der Waals surface area contributed by atoms with Crippen molar-refractivity contribution in [2.45, 2.75) is 51.5 Å². The highest BCUT2D eigenvalue weighted by Gasteiger charge is 2.39. The van der Waals surface area contributed by atoms with Crippen LogP contribution in [0, 0.1) is 5.92 Å². The third kappa shape index (κ3) is 13.7. The van der Waals surface area contributed by atoms with E-state index in [9.17, 15) is 15.0 Å². The first-order chi connectivity index (χ1) is 35.3. The first-order valence-electron chi connectivity index (χ1n) is 24.6. The molecule has 2 saturated heterocycles. The maximum absolute atomic E-state index is 13.0. The highest BCUT2D eigenvalue weighted by Crippen LogP contribution is 2.47. The van der Waals surface area contributed by atoms with Gasteiger partial charge in [-0.25, -0.2) is 4.79 Å². The van der Waals surface area contributed by atoms with Crippen LogP contribution in [0.2, 0.25) is 0 Å². The molecule has 3 aliphatic rings. The third-order valence-electron chi connectivity index (χ3n) is 13.2. The van der Waals surface area contributed by atoms with Crippen LogP contribution in [0.4, 0.5) is 17.1 Å². The number of fused-ring (bicyclic) bond motifs is 2. The summed E-state index contributed by atoms with van der Waals surface area (Å²) in [4.78, 5) is 27.2. The largest absolute Gasteiger partial charge is 0.493 e. The number of nitrogens with two attached hydrogens (primary N) is 1. The van der Waals surface area contributed by atoms with Crippen LogP contribution in [-0.4, -0.2) is 131 Å². The molecule has 1 aromatic heterocycles. The smallest absolute Gasteiger partial charge is 0.333 e. The zero-order chi connectivity index (χ0) is 52.0. The number of hydrogen-bond donors (Lipinski definition) is 3. The van der Waals surface area contributed by atoms with E-state index in [0.717, 1.165) is 77.5 Å². The van der Waals surface area contributed by atoms with Crippen molar-refractivity contribution in [3.05, 3.63) is 133 Å². The van der Waals surface area contributed by atoms with E-state index in [0.29, 0.717) is 92.5 Å². The fraction of sp³-hybridized carbons (Fsp3) is 0.411. The lowest BCUT2D eigenvalue weighted by atomic mass is 10.0. The second-order valence-electron chi connectivity index (χ2n) is 18.4. The number of anilines is 3. The van der Waals surface area contributed by atoms with Crippen LogP contribution in [0.15, 0.2) is 110 Å². The molecule has 4 N–H and O–H groups in total. The number of likely N-dealkylation sites (N-methyl/N-ethyl adjacent to an activating group) is 1. The predicted octanol–water partition coefficient (Wildman–Crippen LogP) is 7.71. The first-order valence-corrected chi connectivity index (χ1v) is 24.6. The van der Waals surface area contributed by atoms with Crippen molar-refractivity contribution in [1.29, 1.82) is 0 Å². The molecule has 0 aliphatic carbocycles. The highest BCUT2D eigenvalue weighted by atomic mass is 16.7. The number of ether oxygens (including phenoxy) is 7. The van der Waals surface area contributed by atoms with Crippen molar-refractivity contribution in [3.8, 4) is 34.8 Å². The van der Waals surface area contributed by atoms with Gasteiger partial charge in [0.25, 0.3) is 0 Å². The number of benzene rings is 3. The molecule has 3 aromatic carbocycles. The van der Waals surface area contributed by atoms with Gasteiger partial charge in [-0.2, -0.15) is 0 Å². The zero-order valence-corrected chi connectivity index (χ0v) is 42.8. The van der Waals surface area contributed by atoms with Gasteiger partial charge in [0.05, 0.1) is 53.3 Å². The fourth-order valence-corrected chi connectivity index (χ4v) is 9.49. The van der Waals surface area contributed by atoms with Crippen LogP contribution >= 0.6 is 0 Å². The van der Waals surface area contributed by atoms with Gasteiger partial charge < -0.3 is 68.6 Å². The van der Waals surface area contributed by atoms with Gasteiger partial charge >= 0.3 is 5.97 Å². The normalized spacial score (nSPS) is 16.7. The Morgan fingerprint density at radius 3 is 2.18 bits per heavy atom. The van der Waals surface area contributed by atoms with Crippen LogP contribution in [0.25, 0.3) is 5.70 Å². The lowest BCUT2D eigenvalue weighted by molar-refractivity contribution is -0.145. The summed E-state index contributed by atoms with van der Waals surface area (Å²) in [7, 11) is 6.95. The third-order valence-corrected chi connectivity index (χ3v) is 13.2. The molecular weight excluding hydrogens is 933 g/mol. The van der Waals surface area contributed by atoms with Gasteiger partial charge in [-0.3, -0.25) is 4.90 Å². The van der Waals surface area contributed by atoms with Gasteiger partial charge in [0, 0.05) is 124 Å². The van der Waals surface area contributed by atoms with E-state index in [-0.39, 0.29) is 31.6 Å².